The van der Waals surface area contributed by atoms with Gasteiger partial charge in [0.2, 0.25) is 0 Å². The Hall–Kier alpha value is -2.64. The van der Waals surface area contributed by atoms with Crippen molar-refractivity contribution in [1.82, 2.24) is 24.7 Å². The summed E-state index contributed by atoms with van der Waals surface area (Å²) >= 11 is 7.66. The molecular weight excluding hydrogens is 394 g/mol. The van der Waals surface area contributed by atoms with Crippen molar-refractivity contribution < 1.29 is 4.42 Å². The second kappa shape index (κ2) is 7.41. The number of benzene rings is 1. The molecule has 0 bridgehead atoms. The van der Waals surface area contributed by atoms with Gasteiger partial charge in [0.05, 0.1) is 12.8 Å². The van der Waals surface area contributed by atoms with Gasteiger partial charge >= 0.3 is 0 Å². The van der Waals surface area contributed by atoms with Gasteiger partial charge < -0.3 is 4.42 Å². The molecule has 5 rings (SSSR count). The third-order valence-corrected chi connectivity index (χ3v) is 5.57. The van der Waals surface area contributed by atoms with Gasteiger partial charge in [-0.15, -0.1) is 10.2 Å². The first-order chi connectivity index (χ1) is 13.8. The Morgan fingerprint density at radius 2 is 1.93 bits per heavy atom. The third-order valence-electron chi connectivity index (χ3n) is 4.47. The van der Waals surface area contributed by atoms with Crippen LogP contribution in [-0.4, -0.2) is 24.7 Å². The van der Waals surface area contributed by atoms with E-state index in [4.69, 9.17) is 16.0 Å². The monoisotopic (exact) mass is 409 g/mol. The van der Waals surface area contributed by atoms with Crippen LogP contribution in [0.4, 0.5) is 0 Å². The fourth-order valence-corrected chi connectivity index (χ4v) is 4.04. The SMILES string of the molecule is Clc1cc(Sc2nnc(-c3ccccc3)n2Cc2ccco2)nc(C2CC2)n1. The zero-order chi connectivity index (χ0) is 18.9. The Bertz CT molecular complexity index is 1090. The van der Waals surface area contributed by atoms with Crippen LogP contribution in [0.2, 0.25) is 5.15 Å². The third kappa shape index (κ3) is 3.68. The number of hydrogen-bond acceptors (Lipinski definition) is 6. The van der Waals surface area contributed by atoms with E-state index in [1.54, 1.807) is 12.3 Å². The molecule has 0 atom stereocenters. The van der Waals surface area contributed by atoms with E-state index in [-0.39, 0.29) is 0 Å². The number of halogens is 1. The minimum atomic E-state index is 0.430. The molecule has 0 N–H and O–H groups in total. The number of nitrogens with zero attached hydrogens (tertiary/aromatic N) is 5. The molecule has 4 aromatic rings. The van der Waals surface area contributed by atoms with E-state index in [2.05, 4.69) is 20.2 Å². The van der Waals surface area contributed by atoms with Crippen LogP contribution < -0.4 is 0 Å². The second-order valence-electron chi connectivity index (χ2n) is 6.60. The summed E-state index contributed by atoms with van der Waals surface area (Å²) in [6, 6.07) is 15.6. The second-order valence-corrected chi connectivity index (χ2v) is 7.98. The number of aromatic nitrogens is 5. The summed E-state index contributed by atoms with van der Waals surface area (Å²) in [5, 5.41) is 10.8. The summed E-state index contributed by atoms with van der Waals surface area (Å²) < 4.78 is 7.58. The molecule has 0 unspecified atom stereocenters. The van der Waals surface area contributed by atoms with Gasteiger partial charge in [0.1, 0.15) is 21.8 Å². The average molecular weight is 410 g/mol. The summed E-state index contributed by atoms with van der Waals surface area (Å²) in [7, 11) is 0. The predicted octanol–water partition coefficient (Wildman–Crippen LogP) is 5.06. The van der Waals surface area contributed by atoms with Crippen molar-refractivity contribution in [2.24, 2.45) is 0 Å². The normalized spacial score (nSPS) is 13.8. The first kappa shape index (κ1) is 17.5. The van der Waals surface area contributed by atoms with Gasteiger partial charge in [0.25, 0.3) is 0 Å². The molecule has 140 valence electrons. The highest BCUT2D eigenvalue weighted by molar-refractivity contribution is 7.99. The molecule has 0 amide bonds. The molecule has 1 saturated carbocycles. The van der Waals surface area contributed by atoms with Crippen LogP contribution in [0.25, 0.3) is 11.4 Å². The van der Waals surface area contributed by atoms with Gasteiger partial charge in [-0.2, -0.15) is 0 Å². The van der Waals surface area contributed by atoms with Crippen molar-refractivity contribution in [2.75, 3.05) is 0 Å². The first-order valence-corrected chi connectivity index (χ1v) is 10.2. The molecule has 0 saturated heterocycles. The van der Waals surface area contributed by atoms with Crippen molar-refractivity contribution >= 4 is 23.4 Å². The quantitative estimate of drug-likeness (QED) is 0.414. The molecule has 1 fully saturated rings. The van der Waals surface area contributed by atoms with Crippen LogP contribution in [0.1, 0.15) is 30.3 Å². The van der Waals surface area contributed by atoms with Crippen molar-refractivity contribution in [3.63, 3.8) is 0 Å². The highest BCUT2D eigenvalue weighted by Crippen LogP contribution is 2.39. The van der Waals surface area contributed by atoms with Gasteiger partial charge in [-0.3, -0.25) is 4.57 Å². The Balaban J connectivity index is 1.53. The maximum Gasteiger partial charge on any atom is 0.198 e. The van der Waals surface area contributed by atoms with Crippen molar-refractivity contribution in [1.29, 1.82) is 0 Å². The molecule has 0 radical (unpaired) electrons. The molecule has 3 aromatic heterocycles. The number of hydrogen-bond donors (Lipinski definition) is 0. The average Bonchev–Trinajstić information content (AvgIpc) is 3.31. The molecule has 0 spiro atoms. The fraction of sp³-hybridized carbons (Fsp3) is 0.200. The fourth-order valence-electron chi connectivity index (χ4n) is 2.95. The predicted molar refractivity (Wildman–Crippen MR) is 106 cm³/mol. The summed E-state index contributed by atoms with van der Waals surface area (Å²) in [4.78, 5) is 9.03. The molecule has 3 heterocycles. The highest BCUT2D eigenvalue weighted by Gasteiger charge is 2.27. The van der Waals surface area contributed by atoms with Crippen LogP contribution in [0.3, 0.4) is 0 Å². The molecule has 1 aromatic carbocycles. The van der Waals surface area contributed by atoms with Crippen LogP contribution in [0, 0.1) is 0 Å². The highest BCUT2D eigenvalue weighted by atomic mass is 35.5. The zero-order valence-electron chi connectivity index (χ0n) is 14.8. The minimum Gasteiger partial charge on any atom is -0.467 e. The maximum absolute atomic E-state index is 6.22. The van der Waals surface area contributed by atoms with E-state index in [0.717, 1.165) is 46.0 Å². The minimum absolute atomic E-state index is 0.430. The smallest absolute Gasteiger partial charge is 0.198 e. The Morgan fingerprint density at radius 1 is 1.07 bits per heavy atom. The standard InChI is InChI=1S/C20H16ClN5OS/c21-16-11-17(23-18(22-16)13-8-9-13)28-20-25-24-19(14-5-2-1-3-6-14)26(20)12-15-7-4-10-27-15/h1-7,10-11,13H,8-9,12H2. The van der Waals surface area contributed by atoms with E-state index in [1.165, 1.54) is 11.8 Å². The largest absolute Gasteiger partial charge is 0.467 e. The van der Waals surface area contributed by atoms with Gasteiger partial charge in [-0.05, 0) is 36.7 Å². The molecule has 8 heteroatoms. The molecule has 0 aliphatic heterocycles. The molecule has 28 heavy (non-hydrogen) atoms. The van der Waals surface area contributed by atoms with Gasteiger partial charge in [0, 0.05) is 17.5 Å². The van der Waals surface area contributed by atoms with E-state index in [1.807, 2.05) is 47.0 Å². The van der Waals surface area contributed by atoms with E-state index in [9.17, 15) is 0 Å². The van der Waals surface area contributed by atoms with E-state index >= 15 is 0 Å². The van der Waals surface area contributed by atoms with E-state index < -0.39 is 0 Å². The van der Waals surface area contributed by atoms with Gasteiger partial charge in [-0.25, -0.2) is 9.97 Å². The van der Waals surface area contributed by atoms with Gasteiger partial charge in [0.15, 0.2) is 11.0 Å². The van der Waals surface area contributed by atoms with Crippen molar-refractivity contribution in [3.8, 4) is 11.4 Å². The lowest BCUT2D eigenvalue weighted by atomic mass is 10.2. The van der Waals surface area contributed by atoms with E-state index in [0.29, 0.717) is 17.6 Å². The lowest BCUT2D eigenvalue weighted by Crippen LogP contribution is -2.04. The Labute approximate surface area is 171 Å². The van der Waals surface area contributed by atoms with Crippen LogP contribution in [-0.2, 0) is 6.54 Å². The summed E-state index contributed by atoms with van der Waals surface area (Å²) in [6.45, 7) is 0.529. The Morgan fingerprint density at radius 3 is 2.68 bits per heavy atom. The zero-order valence-corrected chi connectivity index (χ0v) is 16.4. The maximum atomic E-state index is 6.22. The summed E-state index contributed by atoms with van der Waals surface area (Å²) in [6.07, 6.45) is 3.91. The molecule has 6 nitrogen and oxygen atoms in total. The van der Waals surface area contributed by atoms with Crippen LogP contribution in [0.15, 0.2) is 69.4 Å². The molecule has 1 aliphatic rings. The molecule has 1 aliphatic carbocycles. The van der Waals surface area contributed by atoms with Crippen LogP contribution in [0.5, 0.6) is 0 Å². The number of rotatable bonds is 6. The lowest BCUT2D eigenvalue weighted by Gasteiger charge is -2.09. The lowest BCUT2D eigenvalue weighted by molar-refractivity contribution is 0.485. The summed E-state index contributed by atoms with van der Waals surface area (Å²) in [5.41, 5.74) is 0.993. The number of furan rings is 1. The van der Waals surface area contributed by atoms with Gasteiger partial charge in [-0.1, -0.05) is 41.9 Å². The summed E-state index contributed by atoms with van der Waals surface area (Å²) in [5.74, 6) is 2.86. The Kier molecular flexibility index (Phi) is 4.62. The van der Waals surface area contributed by atoms with Crippen molar-refractivity contribution in [3.05, 3.63) is 71.5 Å². The first-order valence-electron chi connectivity index (χ1n) is 8.99. The van der Waals surface area contributed by atoms with Crippen LogP contribution >= 0.6 is 23.4 Å². The topological polar surface area (TPSA) is 69.6 Å². The molecular formula is C20H16ClN5OS. The van der Waals surface area contributed by atoms with Crippen molar-refractivity contribution in [2.45, 2.75) is 35.5 Å².